The number of nitrogens with zero attached hydrogens (tertiary/aromatic N) is 2. The highest BCUT2D eigenvalue weighted by atomic mass is 35.9. The third kappa shape index (κ3) is 31.3. The number of hydrogen-bond donors (Lipinski definition) is 0. The second-order valence-corrected chi connectivity index (χ2v) is 30.6. The van der Waals surface area contributed by atoms with Crippen LogP contribution in [0.15, 0.2) is 127 Å². The minimum absolute atomic E-state index is 0. The minimum atomic E-state index is -3.81. The third-order valence-corrected chi connectivity index (χ3v) is 10.1. The molecule has 0 saturated carbocycles. The fraction of sp³-hybridized carbons (Fsp3) is 0.143. The molecule has 0 amide bonds. The normalized spacial score (nSPS) is 13.9. The number of nitro groups is 2. The molecule has 0 radical (unpaired) electrons. The first-order valence-electron chi connectivity index (χ1n) is 16.4. The van der Waals surface area contributed by atoms with Gasteiger partial charge in [-0.1, -0.05) is 73.1 Å². The maximum Gasteiger partial charge on any atom is 0.428 e. The van der Waals surface area contributed by atoms with Crippen LogP contribution in [-0.2, 0) is 22.8 Å². The summed E-state index contributed by atoms with van der Waals surface area (Å²) in [5.74, 6) is 1.37. The monoisotopic (exact) mass is 1140 g/mol. The molecule has 0 heterocycles. The quantitative estimate of drug-likeness (QED) is 0.0645. The summed E-state index contributed by atoms with van der Waals surface area (Å²) in [5, 5.41) is 21.7. The Hall–Kier alpha value is -2.63. The molecular formula is C35H37Cl8N2O14P5. The van der Waals surface area contributed by atoms with Crippen molar-refractivity contribution in [3.63, 3.8) is 0 Å². The van der Waals surface area contributed by atoms with Gasteiger partial charge in [0.05, 0.1) is 14.9 Å². The van der Waals surface area contributed by atoms with Crippen molar-refractivity contribution in [3.8, 4) is 28.7 Å². The van der Waals surface area contributed by atoms with E-state index in [0.717, 1.165) is 0 Å². The average Bonchev–Trinajstić information content (AvgIpc) is 3.12. The first kappa shape index (κ1) is 61.4. The number of nitro benzene ring substituents is 2. The van der Waals surface area contributed by atoms with E-state index in [1.165, 1.54) is 75.2 Å². The minimum Gasteiger partial charge on any atom is -0.433 e. The van der Waals surface area contributed by atoms with E-state index in [4.69, 9.17) is 109 Å². The van der Waals surface area contributed by atoms with Crippen molar-refractivity contribution in [2.24, 2.45) is 0 Å². The fourth-order valence-electron chi connectivity index (χ4n) is 3.66. The van der Waals surface area contributed by atoms with Crippen molar-refractivity contribution < 1.29 is 55.3 Å². The summed E-state index contributed by atoms with van der Waals surface area (Å²) < 4.78 is 78.9. The molecule has 4 unspecified atom stereocenters. The lowest BCUT2D eigenvalue weighted by molar-refractivity contribution is -0.385. The van der Waals surface area contributed by atoms with E-state index < -0.39 is 42.8 Å². The zero-order valence-corrected chi connectivity index (χ0v) is 43.0. The van der Waals surface area contributed by atoms with E-state index in [9.17, 15) is 43.1 Å². The number of hydrogen-bond acceptors (Lipinski definition) is 14. The van der Waals surface area contributed by atoms with Crippen LogP contribution in [0.5, 0.6) is 28.7 Å². The number of halogens is 8. The summed E-state index contributed by atoms with van der Waals surface area (Å²) in [7, 11) is 0. The first-order chi connectivity index (χ1) is 28.8. The summed E-state index contributed by atoms with van der Waals surface area (Å²) in [5.41, 5.74) is -0.396. The van der Waals surface area contributed by atoms with Crippen LogP contribution in [-0.4, -0.2) is 36.5 Å². The molecule has 0 saturated heterocycles. The SMILES string of the molecule is C.CP(=O)(Cl)Oc1ccc(Cl)cc1.CP(=O)(Cl)Oc1ccc([N+](=O)[O-])cc1.CP(=O)(Cl)Oc1ccccc1.CP(=O)(Cl)Oc1ccccc1Cl.O=[N+]([O-])c1ccccc1OP(=O)(Cl)Cl. The Morgan fingerprint density at radius 1 is 0.438 bits per heavy atom. The van der Waals surface area contributed by atoms with Crippen molar-refractivity contribution in [1.82, 2.24) is 0 Å². The molecule has 352 valence electrons. The Labute approximate surface area is 407 Å². The van der Waals surface area contributed by atoms with Gasteiger partial charge in [0.15, 0.2) is 0 Å². The lowest BCUT2D eigenvalue weighted by Gasteiger charge is -2.08. The van der Waals surface area contributed by atoms with E-state index in [1.54, 1.807) is 72.8 Å². The molecule has 0 N–H and O–H groups in total. The highest BCUT2D eigenvalue weighted by Gasteiger charge is 2.23. The largest absolute Gasteiger partial charge is 0.433 e. The summed E-state index contributed by atoms with van der Waals surface area (Å²) in [6, 6.07) is 32.7. The van der Waals surface area contributed by atoms with Gasteiger partial charge < -0.3 is 22.6 Å². The van der Waals surface area contributed by atoms with Crippen LogP contribution in [0.4, 0.5) is 11.4 Å². The van der Waals surface area contributed by atoms with Gasteiger partial charge in [-0.15, -0.1) is 0 Å². The molecule has 5 rings (SSSR count). The Morgan fingerprint density at radius 3 is 1.17 bits per heavy atom. The van der Waals surface area contributed by atoms with Crippen LogP contribution < -0.4 is 22.6 Å². The van der Waals surface area contributed by atoms with Gasteiger partial charge >= 0.3 is 38.6 Å². The molecule has 0 aliphatic heterocycles. The van der Waals surface area contributed by atoms with E-state index in [2.05, 4.69) is 4.52 Å². The van der Waals surface area contributed by atoms with Gasteiger partial charge in [-0.2, -0.15) is 0 Å². The molecule has 16 nitrogen and oxygen atoms in total. The van der Waals surface area contributed by atoms with Crippen LogP contribution >= 0.6 is 124 Å². The molecule has 29 heteroatoms. The predicted molar refractivity (Wildman–Crippen MR) is 262 cm³/mol. The summed E-state index contributed by atoms with van der Waals surface area (Å²) in [4.78, 5) is 19.5. The summed E-state index contributed by atoms with van der Waals surface area (Å²) in [6.07, 6.45) is -3.81. The standard InChI is InChI=1S/2C7H7Cl2O2P.C7H7ClNO4P.C7H8ClO2P.C6H4Cl2NO4P.CH4/c1-12(9,10)11-7-4-2-6(8)3-5-7;1-12(9,10)11-7-5-3-2-4-6(7)8;1-14(8,12)13-7-4-2-6(3-5-7)9(10)11;1-11(8,9)10-7-5-3-2-4-6-7;7-14(8,12)13-6-4-2-1-3-5(6)9(10)11;/h2*2-5H,1H3;2-5H,1H3;2-6H,1H3;1-4H;1H4. The molecular weight excluding hydrogens is 1110 g/mol. The molecule has 64 heavy (non-hydrogen) atoms. The van der Waals surface area contributed by atoms with Crippen molar-refractivity contribution in [2.75, 3.05) is 26.7 Å². The zero-order valence-electron chi connectivity index (χ0n) is 32.5. The van der Waals surface area contributed by atoms with Crippen LogP contribution in [0.1, 0.15) is 7.43 Å². The highest BCUT2D eigenvalue weighted by molar-refractivity contribution is 8.05. The number of non-ortho nitro benzene ring substituents is 1. The smallest absolute Gasteiger partial charge is 0.428 e. The lowest BCUT2D eigenvalue weighted by Crippen LogP contribution is -1.91. The van der Waals surface area contributed by atoms with Crippen molar-refractivity contribution >= 4 is 135 Å². The highest BCUT2D eigenvalue weighted by Crippen LogP contribution is 2.58. The topological polar surface area (TPSA) is 218 Å². The molecule has 0 aliphatic rings. The molecule has 0 aromatic heterocycles. The van der Waals surface area contributed by atoms with Gasteiger partial charge in [0, 0.05) is 72.4 Å². The third-order valence-electron chi connectivity index (χ3n) is 5.77. The lowest BCUT2D eigenvalue weighted by atomic mass is 10.3. The van der Waals surface area contributed by atoms with E-state index in [1.807, 2.05) is 6.07 Å². The number of rotatable bonds is 12. The van der Waals surface area contributed by atoms with Crippen LogP contribution in [0.25, 0.3) is 0 Å². The molecule has 0 fully saturated rings. The maximum absolute atomic E-state index is 11.0. The molecule has 5 aromatic rings. The van der Waals surface area contributed by atoms with Gasteiger partial charge in [0.1, 0.15) is 23.0 Å². The van der Waals surface area contributed by atoms with E-state index in [0.29, 0.717) is 27.3 Å². The van der Waals surface area contributed by atoms with Crippen LogP contribution in [0, 0.1) is 20.2 Å². The molecule has 0 aliphatic carbocycles. The Morgan fingerprint density at radius 2 is 0.797 bits per heavy atom. The maximum atomic E-state index is 11.0. The van der Waals surface area contributed by atoms with Crippen LogP contribution in [0.3, 0.4) is 0 Å². The second-order valence-electron chi connectivity index (χ2n) is 11.5. The Kier molecular flexibility index (Phi) is 27.4. The average molecular weight is 1150 g/mol. The summed E-state index contributed by atoms with van der Waals surface area (Å²) >= 11 is 43.2. The molecule has 4 atom stereocenters. The van der Waals surface area contributed by atoms with Gasteiger partial charge in [-0.25, -0.2) is 4.57 Å². The second kappa shape index (κ2) is 28.5. The molecule has 0 spiro atoms. The summed E-state index contributed by atoms with van der Waals surface area (Å²) in [6.45, 7) is -6.78. The molecule has 5 aromatic carbocycles. The molecule has 0 bridgehead atoms. The fourth-order valence-corrected chi connectivity index (χ4v) is 7.79. The zero-order chi connectivity index (χ0) is 48.2. The van der Waals surface area contributed by atoms with Crippen molar-refractivity contribution in [1.29, 1.82) is 0 Å². The first-order valence-corrected chi connectivity index (χ1v) is 32.5. The van der Waals surface area contributed by atoms with Crippen LogP contribution in [0.2, 0.25) is 10.0 Å². The Balaban J connectivity index is 0.000000774. The van der Waals surface area contributed by atoms with Gasteiger partial charge in [-0.3, -0.25) is 38.5 Å². The van der Waals surface area contributed by atoms with Gasteiger partial charge in [0.2, 0.25) is 5.75 Å². The number of benzene rings is 5. The van der Waals surface area contributed by atoms with Gasteiger partial charge in [-0.05, 0) is 112 Å². The van der Waals surface area contributed by atoms with E-state index in [-0.39, 0.29) is 30.3 Å². The predicted octanol–water partition coefficient (Wildman–Crippen LogP) is 17.9. The van der Waals surface area contributed by atoms with Gasteiger partial charge in [0.25, 0.3) is 5.69 Å². The van der Waals surface area contributed by atoms with Crippen molar-refractivity contribution in [2.45, 2.75) is 7.43 Å². The number of para-hydroxylation sites is 4. The Bertz CT molecular complexity index is 2490. The van der Waals surface area contributed by atoms with Crippen molar-refractivity contribution in [3.05, 3.63) is 158 Å². The van der Waals surface area contributed by atoms with E-state index >= 15 is 0 Å².